The summed E-state index contributed by atoms with van der Waals surface area (Å²) in [4.78, 5) is 12.0. The normalized spacial score (nSPS) is 19.5. The van der Waals surface area contributed by atoms with Crippen LogP contribution in [-0.2, 0) is 0 Å². The van der Waals surface area contributed by atoms with Crippen molar-refractivity contribution in [2.75, 3.05) is 34.8 Å². The van der Waals surface area contributed by atoms with E-state index in [9.17, 15) is 0 Å². The molecule has 2 rings (SSSR count). The maximum atomic E-state index is 4.85. The molecule has 1 saturated heterocycles. The molecule has 0 spiro atoms. The molecule has 1 unspecified atom stereocenters. The third-order valence-electron chi connectivity index (χ3n) is 3.64. The Morgan fingerprint density at radius 2 is 2.15 bits per heavy atom. The van der Waals surface area contributed by atoms with Crippen LogP contribution in [0.25, 0.3) is 0 Å². The van der Waals surface area contributed by atoms with E-state index >= 15 is 0 Å². The lowest BCUT2D eigenvalue weighted by molar-refractivity contribution is 0.674. The summed E-state index contributed by atoms with van der Waals surface area (Å²) < 4.78 is 0. The smallest absolute Gasteiger partial charge is 0.137 e. The van der Waals surface area contributed by atoms with Crippen LogP contribution in [0.15, 0.2) is 0 Å². The number of anilines is 2. The van der Waals surface area contributed by atoms with Crippen LogP contribution >= 0.6 is 11.8 Å². The third-order valence-corrected chi connectivity index (χ3v) is 4.83. The lowest BCUT2D eigenvalue weighted by Crippen LogP contribution is -2.41. The van der Waals surface area contributed by atoms with Gasteiger partial charge in [-0.3, -0.25) is 0 Å². The number of nitrogens with zero attached hydrogens (tertiary/aromatic N) is 3. The fraction of sp³-hybridized carbons (Fsp3) is 0.733. The Morgan fingerprint density at radius 1 is 1.40 bits per heavy atom. The summed E-state index contributed by atoms with van der Waals surface area (Å²) in [5.74, 6) is 5.76. The second-order valence-corrected chi connectivity index (χ2v) is 6.83. The standard InChI is InChI=1S/C15H26N4S/c1-6-16-14-12(5)15(18-13(17-14)10(2)3)19-7-8-20-9-11(19)4/h10-11H,6-9H2,1-5H3,(H,16,17,18). The highest BCUT2D eigenvalue weighted by molar-refractivity contribution is 7.99. The van der Waals surface area contributed by atoms with Crippen molar-refractivity contribution in [1.29, 1.82) is 0 Å². The first kappa shape index (κ1) is 15.4. The molecule has 1 aliphatic rings. The largest absolute Gasteiger partial charge is 0.370 e. The Kier molecular flexibility index (Phi) is 5.13. The van der Waals surface area contributed by atoms with Crippen LogP contribution in [-0.4, -0.2) is 40.6 Å². The van der Waals surface area contributed by atoms with E-state index in [2.05, 4.69) is 49.8 Å². The molecule has 1 atom stereocenters. The van der Waals surface area contributed by atoms with Gasteiger partial charge >= 0.3 is 0 Å². The van der Waals surface area contributed by atoms with Crippen LogP contribution in [0.2, 0.25) is 0 Å². The van der Waals surface area contributed by atoms with E-state index in [4.69, 9.17) is 4.98 Å². The van der Waals surface area contributed by atoms with Crippen LogP contribution in [0, 0.1) is 6.92 Å². The zero-order valence-corrected chi connectivity index (χ0v) is 14.0. The number of thioether (sulfide) groups is 1. The molecule has 1 fully saturated rings. The van der Waals surface area contributed by atoms with Gasteiger partial charge in [0.2, 0.25) is 0 Å². The van der Waals surface area contributed by atoms with Gasteiger partial charge in [-0.1, -0.05) is 13.8 Å². The van der Waals surface area contributed by atoms with E-state index in [1.54, 1.807) is 0 Å². The molecule has 5 heteroatoms. The Morgan fingerprint density at radius 3 is 2.75 bits per heavy atom. The van der Waals surface area contributed by atoms with Gasteiger partial charge in [0.15, 0.2) is 0 Å². The second kappa shape index (κ2) is 6.66. The van der Waals surface area contributed by atoms with Gasteiger partial charge in [0.25, 0.3) is 0 Å². The number of hydrogen-bond acceptors (Lipinski definition) is 5. The predicted octanol–water partition coefficient (Wildman–Crippen LogP) is 3.28. The van der Waals surface area contributed by atoms with Crippen molar-refractivity contribution in [2.24, 2.45) is 0 Å². The Labute approximate surface area is 126 Å². The summed E-state index contributed by atoms with van der Waals surface area (Å²) in [7, 11) is 0. The molecule has 0 aliphatic carbocycles. The molecule has 1 aromatic heterocycles. The van der Waals surface area contributed by atoms with Crippen molar-refractivity contribution in [3.05, 3.63) is 11.4 Å². The van der Waals surface area contributed by atoms with Gasteiger partial charge in [0, 0.05) is 42.1 Å². The summed E-state index contributed by atoms with van der Waals surface area (Å²) in [5, 5.41) is 3.38. The molecule has 20 heavy (non-hydrogen) atoms. The highest BCUT2D eigenvalue weighted by Gasteiger charge is 2.24. The monoisotopic (exact) mass is 294 g/mol. The number of nitrogens with one attached hydrogen (secondary N) is 1. The number of aromatic nitrogens is 2. The molecule has 0 saturated carbocycles. The molecule has 1 aromatic rings. The van der Waals surface area contributed by atoms with Crippen molar-refractivity contribution in [3.63, 3.8) is 0 Å². The van der Waals surface area contributed by atoms with E-state index in [0.29, 0.717) is 12.0 Å². The van der Waals surface area contributed by atoms with Gasteiger partial charge in [-0.15, -0.1) is 0 Å². The molecule has 0 radical (unpaired) electrons. The van der Waals surface area contributed by atoms with Gasteiger partial charge in [-0.2, -0.15) is 11.8 Å². The topological polar surface area (TPSA) is 41.1 Å². The number of hydrogen-bond donors (Lipinski definition) is 1. The van der Waals surface area contributed by atoms with Gasteiger partial charge in [-0.05, 0) is 20.8 Å². The van der Waals surface area contributed by atoms with E-state index in [0.717, 1.165) is 30.5 Å². The molecule has 0 aromatic carbocycles. The van der Waals surface area contributed by atoms with Crippen LogP contribution in [0.4, 0.5) is 11.6 Å². The molecule has 4 nitrogen and oxygen atoms in total. The van der Waals surface area contributed by atoms with E-state index in [1.165, 1.54) is 17.1 Å². The Hall–Kier alpha value is -0.970. The minimum atomic E-state index is 0.348. The van der Waals surface area contributed by atoms with Crippen LogP contribution < -0.4 is 10.2 Å². The minimum Gasteiger partial charge on any atom is -0.370 e. The summed E-state index contributed by atoms with van der Waals surface area (Å²) in [6.07, 6.45) is 0. The van der Waals surface area contributed by atoms with Crippen molar-refractivity contribution >= 4 is 23.4 Å². The second-order valence-electron chi connectivity index (χ2n) is 5.68. The molecular weight excluding hydrogens is 268 g/mol. The van der Waals surface area contributed by atoms with Gasteiger partial charge in [-0.25, -0.2) is 9.97 Å². The average Bonchev–Trinajstić information content (AvgIpc) is 2.42. The lowest BCUT2D eigenvalue weighted by Gasteiger charge is -2.35. The fourth-order valence-corrected chi connectivity index (χ4v) is 3.45. The van der Waals surface area contributed by atoms with Crippen molar-refractivity contribution in [3.8, 4) is 0 Å². The SMILES string of the molecule is CCNc1nc(C(C)C)nc(N2CCSCC2C)c1C. The highest BCUT2D eigenvalue weighted by atomic mass is 32.2. The zero-order chi connectivity index (χ0) is 14.7. The first-order valence-corrected chi connectivity index (χ1v) is 8.66. The first-order valence-electron chi connectivity index (χ1n) is 7.51. The zero-order valence-electron chi connectivity index (χ0n) is 13.2. The van der Waals surface area contributed by atoms with E-state index in [1.807, 2.05) is 11.8 Å². The summed E-state index contributed by atoms with van der Waals surface area (Å²) >= 11 is 2.03. The van der Waals surface area contributed by atoms with Gasteiger partial charge in [0.05, 0.1) is 0 Å². The summed E-state index contributed by atoms with van der Waals surface area (Å²) in [6.45, 7) is 12.8. The predicted molar refractivity (Wildman–Crippen MR) is 89.2 cm³/mol. The molecule has 1 N–H and O–H groups in total. The summed E-state index contributed by atoms with van der Waals surface area (Å²) in [6, 6.07) is 0.539. The molecular formula is C15H26N4S. The van der Waals surface area contributed by atoms with Crippen LogP contribution in [0.1, 0.15) is 45.0 Å². The molecule has 2 heterocycles. The maximum absolute atomic E-state index is 4.85. The minimum absolute atomic E-state index is 0.348. The Balaban J connectivity index is 2.43. The molecule has 1 aliphatic heterocycles. The average molecular weight is 294 g/mol. The summed E-state index contributed by atoms with van der Waals surface area (Å²) in [5.41, 5.74) is 1.18. The third kappa shape index (κ3) is 3.19. The number of rotatable bonds is 4. The van der Waals surface area contributed by atoms with Gasteiger partial charge in [0.1, 0.15) is 17.5 Å². The van der Waals surface area contributed by atoms with Gasteiger partial charge < -0.3 is 10.2 Å². The fourth-order valence-electron chi connectivity index (χ4n) is 2.44. The van der Waals surface area contributed by atoms with Crippen molar-refractivity contribution in [2.45, 2.75) is 46.6 Å². The van der Waals surface area contributed by atoms with E-state index in [-0.39, 0.29) is 0 Å². The molecule has 112 valence electrons. The maximum Gasteiger partial charge on any atom is 0.137 e. The lowest BCUT2D eigenvalue weighted by atomic mass is 10.1. The van der Waals surface area contributed by atoms with Crippen LogP contribution in [0.3, 0.4) is 0 Å². The first-order chi connectivity index (χ1) is 9.54. The van der Waals surface area contributed by atoms with E-state index < -0.39 is 0 Å². The quantitative estimate of drug-likeness (QED) is 0.923. The van der Waals surface area contributed by atoms with Crippen molar-refractivity contribution in [1.82, 2.24) is 9.97 Å². The Bertz CT molecular complexity index is 461. The highest BCUT2D eigenvalue weighted by Crippen LogP contribution is 2.30. The molecule has 0 amide bonds. The van der Waals surface area contributed by atoms with Crippen LogP contribution in [0.5, 0.6) is 0 Å². The molecule has 0 bridgehead atoms. The van der Waals surface area contributed by atoms with Crippen molar-refractivity contribution < 1.29 is 0 Å².